The van der Waals surface area contributed by atoms with Gasteiger partial charge in [0.2, 0.25) is 12.7 Å². The molecule has 7 heteroatoms. The zero-order chi connectivity index (χ0) is 24.3. The molecule has 0 aromatic heterocycles. The van der Waals surface area contributed by atoms with Crippen molar-refractivity contribution in [2.24, 2.45) is 0 Å². The summed E-state index contributed by atoms with van der Waals surface area (Å²) in [4.78, 5) is 30.8. The topological polar surface area (TPSA) is 68.3 Å². The molecule has 4 aliphatic rings. The third-order valence-corrected chi connectivity index (χ3v) is 7.83. The van der Waals surface area contributed by atoms with Gasteiger partial charge in [-0.2, -0.15) is 0 Å². The van der Waals surface area contributed by atoms with Crippen LogP contribution >= 0.6 is 0 Å². The Kier molecular flexibility index (Phi) is 4.74. The largest absolute Gasteiger partial charge is 0.491 e. The molecular weight excluding hydrogens is 456 g/mol. The number of ether oxygens (including phenoxy) is 3. The van der Waals surface area contributed by atoms with Crippen LogP contribution in [0.15, 0.2) is 60.7 Å². The average Bonchev–Trinajstić information content (AvgIpc) is 3.60. The van der Waals surface area contributed by atoms with E-state index in [-0.39, 0.29) is 25.2 Å². The highest BCUT2D eigenvalue weighted by Crippen LogP contribution is 2.55. The lowest BCUT2D eigenvalue weighted by Gasteiger charge is -2.27. The van der Waals surface area contributed by atoms with E-state index in [1.165, 1.54) is 6.42 Å². The van der Waals surface area contributed by atoms with Gasteiger partial charge in [0.05, 0.1) is 6.54 Å². The first kappa shape index (κ1) is 21.3. The van der Waals surface area contributed by atoms with Crippen LogP contribution in [0, 0.1) is 0 Å². The Hall–Kier alpha value is -4.00. The third kappa shape index (κ3) is 3.05. The van der Waals surface area contributed by atoms with E-state index < -0.39 is 5.41 Å². The van der Waals surface area contributed by atoms with Gasteiger partial charge in [0.15, 0.2) is 11.5 Å². The fourth-order valence-corrected chi connectivity index (χ4v) is 5.94. The van der Waals surface area contributed by atoms with Crippen LogP contribution in [0.4, 0.5) is 5.69 Å². The Balaban J connectivity index is 1.20. The number of benzene rings is 3. The minimum absolute atomic E-state index is 0.0187. The second kappa shape index (κ2) is 8.01. The highest BCUT2D eigenvalue weighted by atomic mass is 16.7. The van der Waals surface area contributed by atoms with E-state index in [9.17, 15) is 9.59 Å². The number of amides is 2. The summed E-state index contributed by atoms with van der Waals surface area (Å²) >= 11 is 0. The predicted octanol–water partition coefficient (Wildman–Crippen LogP) is 4.27. The lowest BCUT2D eigenvalue weighted by molar-refractivity contribution is -0.122. The van der Waals surface area contributed by atoms with Crippen molar-refractivity contribution in [1.29, 1.82) is 0 Å². The minimum Gasteiger partial charge on any atom is -0.491 e. The number of rotatable bonds is 3. The molecule has 0 bridgehead atoms. The molecule has 1 fully saturated rings. The van der Waals surface area contributed by atoms with Crippen LogP contribution in [0.1, 0.15) is 46.3 Å². The Morgan fingerprint density at radius 1 is 0.833 bits per heavy atom. The summed E-state index contributed by atoms with van der Waals surface area (Å²) in [6.07, 6.45) is 3.32. The lowest BCUT2D eigenvalue weighted by Crippen LogP contribution is -2.42. The lowest BCUT2D eigenvalue weighted by atomic mass is 9.77. The summed E-state index contributed by atoms with van der Waals surface area (Å²) in [6, 6.07) is 19.3. The van der Waals surface area contributed by atoms with E-state index in [1.807, 2.05) is 70.5 Å². The quantitative estimate of drug-likeness (QED) is 0.558. The molecule has 0 aliphatic carbocycles. The van der Waals surface area contributed by atoms with E-state index >= 15 is 0 Å². The number of hydrogen-bond acceptors (Lipinski definition) is 5. The second-order valence-electron chi connectivity index (χ2n) is 9.85. The normalized spacial score (nSPS) is 21.5. The number of anilines is 1. The number of likely N-dealkylation sites (tertiary alicyclic amines) is 1. The van der Waals surface area contributed by atoms with Crippen LogP contribution in [-0.2, 0) is 16.8 Å². The summed E-state index contributed by atoms with van der Waals surface area (Å²) in [5.74, 6) is 2.00. The van der Waals surface area contributed by atoms with Crippen molar-refractivity contribution in [1.82, 2.24) is 4.90 Å². The number of fused-ring (bicyclic) bond motifs is 5. The molecule has 0 saturated carbocycles. The molecule has 0 radical (unpaired) electrons. The molecule has 182 valence electrons. The van der Waals surface area contributed by atoms with Crippen molar-refractivity contribution < 1.29 is 23.8 Å². The number of para-hydroxylation sites is 1. The molecule has 3 aromatic rings. The van der Waals surface area contributed by atoms with Gasteiger partial charge in [-0.1, -0.05) is 30.3 Å². The van der Waals surface area contributed by atoms with Crippen LogP contribution in [0.3, 0.4) is 0 Å². The van der Waals surface area contributed by atoms with E-state index in [1.54, 1.807) is 0 Å². The summed E-state index contributed by atoms with van der Waals surface area (Å²) < 4.78 is 17.2. The van der Waals surface area contributed by atoms with Gasteiger partial charge in [-0.3, -0.25) is 9.59 Å². The minimum atomic E-state index is -0.920. The maximum atomic E-state index is 14.1. The SMILES string of the molecule is O=C(c1ccc(CN2C(=O)C3(COc4cc5c(cc43)OCO5)c3ccccc32)cc1)N1CCCCC1. The van der Waals surface area contributed by atoms with Crippen LogP contribution < -0.4 is 19.1 Å². The third-order valence-electron chi connectivity index (χ3n) is 7.83. The van der Waals surface area contributed by atoms with Gasteiger partial charge in [-0.25, -0.2) is 0 Å². The first-order valence-electron chi connectivity index (χ1n) is 12.5. The van der Waals surface area contributed by atoms with Crippen LogP contribution in [0.25, 0.3) is 0 Å². The number of carbonyl (C=O) groups is 2. The summed E-state index contributed by atoms with van der Waals surface area (Å²) in [6.45, 7) is 2.46. The Morgan fingerprint density at radius 2 is 1.58 bits per heavy atom. The van der Waals surface area contributed by atoms with E-state index in [0.717, 1.165) is 48.3 Å². The molecule has 1 spiro atoms. The van der Waals surface area contributed by atoms with E-state index in [4.69, 9.17) is 14.2 Å². The molecule has 7 rings (SSSR count). The van der Waals surface area contributed by atoms with E-state index in [2.05, 4.69) is 0 Å². The predicted molar refractivity (Wildman–Crippen MR) is 133 cm³/mol. The average molecular weight is 483 g/mol. The van der Waals surface area contributed by atoms with Crippen molar-refractivity contribution in [3.8, 4) is 17.2 Å². The Morgan fingerprint density at radius 3 is 2.39 bits per heavy atom. The first-order valence-corrected chi connectivity index (χ1v) is 12.5. The van der Waals surface area contributed by atoms with Gasteiger partial charge in [0, 0.05) is 36.0 Å². The fourth-order valence-electron chi connectivity index (χ4n) is 5.94. The van der Waals surface area contributed by atoms with Gasteiger partial charge < -0.3 is 24.0 Å². The zero-order valence-electron chi connectivity index (χ0n) is 19.9. The fraction of sp³-hybridized carbons (Fsp3) is 0.310. The molecule has 0 N–H and O–H groups in total. The summed E-state index contributed by atoms with van der Waals surface area (Å²) in [5.41, 5.74) is 3.37. The second-order valence-corrected chi connectivity index (χ2v) is 9.85. The first-order chi connectivity index (χ1) is 17.6. The zero-order valence-corrected chi connectivity index (χ0v) is 19.9. The molecule has 7 nitrogen and oxygen atoms in total. The van der Waals surface area contributed by atoms with Crippen LogP contribution in [-0.4, -0.2) is 43.2 Å². The Bertz CT molecular complexity index is 1380. The molecule has 1 saturated heterocycles. The van der Waals surface area contributed by atoms with Gasteiger partial charge in [0.1, 0.15) is 17.8 Å². The highest BCUT2D eigenvalue weighted by molar-refractivity contribution is 6.11. The maximum Gasteiger partial charge on any atom is 0.253 e. The van der Waals surface area contributed by atoms with Gasteiger partial charge in [-0.05, 0) is 54.7 Å². The van der Waals surface area contributed by atoms with E-state index in [0.29, 0.717) is 29.4 Å². The molecule has 36 heavy (non-hydrogen) atoms. The van der Waals surface area contributed by atoms with Crippen molar-refractivity contribution in [3.63, 3.8) is 0 Å². The van der Waals surface area contributed by atoms with Crippen molar-refractivity contribution in [3.05, 3.63) is 82.9 Å². The van der Waals surface area contributed by atoms with Crippen molar-refractivity contribution >= 4 is 17.5 Å². The Labute approximate surface area is 209 Å². The number of hydrogen-bond donors (Lipinski definition) is 0. The standard InChI is InChI=1S/C29H26N2O5/c32-27(30-12-4-1-5-13-30)20-10-8-19(9-11-20)16-31-23-7-3-2-6-21(23)29(28(31)33)17-34-24-15-26-25(14-22(24)29)35-18-36-26/h2-3,6-11,14-15H,1,4-5,12-13,16-18H2. The molecular formula is C29H26N2O5. The molecule has 1 unspecified atom stereocenters. The summed E-state index contributed by atoms with van der Waals surface area (Å²) in [7, 11) is 0. The van der Waals surface area contributed by atoms with Crippen molar-refractivity contribution in [2.75, 3.05) is 31.4 Å². The molecule has 4 aliphatic heterocycles. The number of piperidine rings is 1. The highest BCUT2D eigenvalue weighted by Gasteiger charge is 2.57. The van der Waals surface area contributed by atoms with Gasteiger partial charge >= 0.3 is 0 Å². The number of carbonyl (C=O) groups excluding carboxylic acids is 2. The molecule has 3 aromatic carbocycles. The van der Waals surface area contributed by atoms with Crippen molar-refractivity contribution in [2.45, 2.75) is 31.2 Å². The van der Waals surface area contributed by atoms with Crippen LogP contribution in [0.5, 0.6) is 17.2 Å². The molecule has 2 amide bonds. The number of nitrogens with zero attached hydrogens (tertiary/aromatic N) is 2. The monoisotopic (exact) mass is 482 g/mol. The summed E-state index contributed by atoms with van der Waals surface area (Å²) in [5, 5.41) is 0. The van der Waals surface area contributed by atoms with Gasteiger partial charge in [-0.15, -0.1) is 0 Å². The maximum absolute atomic E-state index is 14.1. The molecule has 1 atom stereocenters. The molecule has 4 heterocycles. The smallest absolute Gasteiger partial charge is 0.253 e. The van der Waals surface area contributed by atoms with Gasteiger partial charge in [0.25, 0.3) is 5.91 Å². The van der Waals surface area contributed by atoms with Crippen LogP contribution in [0.2, 0.25) is 0 Å².